The highest BCUT2D eigenvalue weighted by molar-refractivity contribution is 5.37. The van der Waals surface area contributed by atoms with Crippen LogP contribution in [0.4, 0.5) is 10.2 Å². The molecule has 1 fully saturated rings. The van der Waals surface area contributed by atoms with Gasteiger partial charge in [0.05, 0.1) is 0 Å². The molecule has 0 aliphatic carbocycles. The van der Waals surface area contributed by atoms with Gasteiger partial charge in [0.1, 0.15) is 18.0 Å². The minimum Gasteiger partial charge on any atom is -0.356 e. The minimum absolute atomic E-state index is 0.167. The molecule has 3 nitrogen and oxygen atoms in total. The molecule has 1 aromatic heterocycles. The van der Waals surface area contributed by atoms with Gasteiger partial charge in [-0.25, -0.2) is 14.4 Å². The van der Waals surface area contributed by atoms with Crippen molar-refractivity contribution in [3.05, 3.63) is 54.2 Å². The molecule has 1 aliphatic rings. The Morgan fingerprint density at radius 1 is 1.20 bits per heavy atom. The molecule has 20 heavy (non-hydrogen) atoms. The number of rotatable bonds is 3. The Kier molecular flexibility index (Phi) is 3.90. The van der Waals surface area contributed by atoms with Gasteiger partial charge in [0, 0.05) is 19.3 Å². The van der Waals surface area contributed by atoms with E-state index >= 15 is 0 Å². The second kappa shape index (κ2) is 5.99. The maximum Gasteiger partial charge on any atom is 0.131 e. The van der Waals surface area contributed by atoms with Gasteiger partial charge in [0.15, 0.2) is 0 Å². The van der Waals surface area contributed by atoms with Crippen molar-refractivity contribution in [2.45, 2.75) is 19.3 Å². The molecule has 0 saturated carbocycles. The van der Waals surface area contributed by atoms with Crippen molar-refractivity contribution in [2.75, 3.05) is 18.0 Å². The van der Waals surface area contributed by atoms with Gasteiger partial charge < -0.3 is 4.90 Å². The van der Waals surface area contributed by atoms with Gasteiger partial charge in [-0.2, -0.15) is 0 Å². The molecule has 0 spiro atoms. The Bertz CT molecular complexity index is 541. The van der Waals surface area contributed by atoms with Crippen molar-refractivity contribution >= 4 is 5.82 Å². The third-order valence-corrected chi connectivity index (χ3v) is 3.85. The highest BCUT2D eigenvalue weighted by Crippen LogP contribution is 2.24. The normalized spacial score (nSPS) is 19.1. The van der Waals surface area contributed by atoms with E-state index in [1.54, 1.807) is 24.7 Å². The summed E-state index contributed by atoms with van der Waals surface area (Å²) in [4.78, 5) is 10.6. The van der Waals surface area contributed by atoms with E-state index in [-0.39, 0.29) is 5.82 Å². The van der Waals surface area contributed by atoms with Gasteiger partial charge in [-0.05, 0) is 48.9 Å². The predicted octanol–water partition coefficient (Wildman–Crippen LogP) is 3.07. The lowest BCUT2D eigenvalue weighted by Crippen LogP contribution is -2.36. The van der Waals surface area contributed by atoms with E-state index in [0.717, 1.165) is 25.3 Å². The number of anilines is 1. The number of aromatic nitrogens is 2. The van der Waals surface area contributed by atoms with Crippen LogP contribution >= 0.6 is 0 Å². The molecule has 1 aliphatic heterocycles. The first-order chi connectivity index (χ1) is 9.81. The number of nitrogens with zero attached hydrogens (tertiary/aromatic N) is 3. The molecule has 0 N–H and O–H groups in total. The van der Waals surface area contributed by atoms with Crippen LogP contribution in [0.5, 0.6) is 0 Å². The number of hydrogen-bond donors (Lipinski definition) is 0. The molecule has 0 radical (unpaired) electrons. The third-order valence-electron chi connectivity index (χ3n) is 3.85. The number of halogens is 1. The summed E-state index contributed by atoms with van der Waals surface area (Å²) >= 11 is 0. The van der Waals surface area contributed by atoms with E-state index in [1.165, 1.54) is 18.4 Å². The van der Waals surface area contributed by atoms with Crippen molar-refractivity contribution in [2.24, 2.45) is 5.92 Å². The van der Waals surface area contributed by atoms with Gasteiger partial charge in [-0.3, -0.25) is 0 Å². The van der Waals surface area contributed by atoms with Crippen LogP contribution in [0, 0.1) is 11.7 Å². The molecule has 0 unspecified atom stereocenters. The molecule has 2 aromatic rings. The summed E-state index contributed by atoms with van der Waals surface area (Å²) in [5.74, 6) is 1.44. The largest absolute Gasteiger partial charge is 0.356 e. The Balaban J connectivity index is 1.65. The van der Waals surface area contributed by atoms with Crippen molar-refractivity contribution in [1.29, 1.82) is 0 Å². The summed E-state index contributed by atoms with van der Waals surface area (Å²) in [6.45, 7) is 2.06. The molecule has 1 atom stereocenters. The molecule has 1 saturated heterocycles. The zero-order valence-electron chi connectivity index (χ0n) is 11.4. The summed E-state index contributed by atoms with van der Waals surface area (Å²) < 4.78 is 12.9. The Hall–Kier alpha value is -1.97. The van der Waals surface area contributed by atoms with Crippen LogP contribution in [0.3, 0.4) is 0 Å². The fourth-order valence-corrected chi connectivity index (χ4v) is 2.86. The molecule has 0 bridgehead atoms. The van der Waals surface area contributed by atoms with Gasteiger partial charge in [0.25, 0.3) is 0 Å². The lowest BCUT2D eigenvalue weighted by Gasteiger charge is -2.33. The number of benzene rings is 1. The maximum absolute atomic E-state index is 12.9. The zero-order valence-corrected chi connectivity index (χ0v) is 11.4. The van der Waals surface area contributed by atoms with Gasteiger partial charge in [-0.15, -0.1) is 0 Å². The van der Waals surface area contributed by atoms with Crippen molar-refractivity contribution in [3.8, 4) is 0 Å². The van der Waals surface area contributed by atoms with E-state index in [4.69, 9.17) is 0 Å². The lowest BCUT2D eigenvalue weighted by atomic mass is 9.91. The average Bonchev–Trinajstić information content (AvgIpc) is 2.51. The number of piperidine rings is 1. The van der Waals surface area contributed by atoms with Crippen LogP contribution in [0.25, 0.3) is 0 Å². The van der Waals surface area contributed by atoms with Crippen LogP contribution in [-0.2, 0) is 6.42 Å². The van der Waals surface area contributed by atoms with Crippen LogP contribution in [0.2, 0.25) is 0 Å². The summed E-state index contributed by atoms with van der Waals surface area (Å²) in [5.41, 5.74) is 1.21. The number of hydrogen-bond acceptors (Lipinski definition) is 3. The van der Waals surface area contributed by atoms with Crippen LogP contribution < -0.4 is 4.90 Å². The molecule has 1 aromatic carbocycles. The van der Waals surface area contributed by atoms with E-state index in [2.05, 4.69) is 14.9 Å². The maximum atomic E-state index is 12.9. The second-order valence-electron chi connectivity index (χ2n) is 5.35. The molecule has 104 valence electrons. The summed E-state index contributed by atoms with van der Waals surface area (Å²) in [6, 6.07) is 8.82. The van der Waals surface area contributed by atoms with Crippen LogP contribution in [0.1, 0.15) is 18.4 Å². The molecular weight excluding hydrogens is 253 g/mol. The monoisotopic (exact) mass is 271 g/mol. The van der Waals surface area contributed by atoms with Crippen LogP contribution in [-0.4, -0.2) is 23.1 Å². The standard InChI is InChI=1S/C16H18FN3/c17-15-5-3-13(4-6-15)10-14-2-1-9-20(11-14)16-7-8-18-12-19-16/h3-8,12,14H,1-2,9-11H2/t14-/m1/s1. The van der Waals surface area contributed by atoms with Gasteiger partial charge in [0.2, 0.25) is 0 Å². The minimum atomic E-state index is -0.167. The zero-order chi connectivity index (χ0) is 13.8. The van der Waals surface area contributed by atoms with E-state index < -0.39 is 0 Å². The molecular formula is C16H18FN3. The first-order valence-electron chi connectivity index (χ1n) is 7.06. The first-order valence-corrected chi connectivity index (χ1v) is 7.06. The average molecular weight is 271 g/mol. The van der Waals surface area contributed by atoms with Crippen LogP contribution in [0.15, 0.2) is 42.9 Å². The topological polar surface area (TPSA) is 29.0 Å². The predicted molar refractivity (Wildman–Crippen MR) is 77.1 cm³/mol. The Labute approximate surface area is 118 Å². The highest BCUT2D eigenvalue weighted by Gasteiger charge is 2.21. The fraction of sp³-hybridized carbons (Fsp3) is 0.375. The lowest BCUT2D eigenvalue weighted by molar-refractivity contribution is 0.411. The highest BCUT2D eigenvalue weighted by atomic mass is 19.1. The summed E-state index contributed by atoms with van der Waals surface area (Å²) in [5, 5.41) is 0. The van der Waals surface area contributed by atoms with E-state index in [1.807, 2.05) is 18.2 Å². The summed E-state index contributed by atoms with van der Waals surface area (Å²) in [7, 11) is 0. The third kappa shape index (κ3) is 3.13. The fourth-order valence-electron chi connectivity index (χ4n) is 2.86. The SMILES string of the molecule is Fc1ccc(C[C@H]2CCCN(c3ccncn3)C2)cc1. The Morgan fingerprint density at radius 2 is 2.05 bits per heavy atom. The Morgan fingerprint density at radius 3 is 2.80 bits per heavy atom. The quantitative estimate of drug-likeness (QED) is 0.859. The smallest absolute Gasteiger partial charge is 0.131 e. The summed E-state index contributed by atoms with van der Waals surface area (Å²) in [6.07, 6.45) is 6.78. The molecule has 3 rings (SSSR count). The van der Waals surface area contributed by atoms with Gasteiger partial charge in [-0.1, -0.05) is 12.1 Å². The molecule has 0 amide bonds. The first kappa shape index (κ1) is 13.0. The van der Waals surface area contributed by atoms with E-state index in [9.17, 15) is 4.39 Å². The second-order valence-corrected chi connectivity index (χ2v) is 5.35. The van der Waals surface area contributed by atoms with Crippen molar-refractivity contribution in [1.82, 2.24) is 9.97 Å². The van der Waals surface area contributed by atoms with Crippen molar-refractivity contribution in [3.63, 3.8) is 0 Å². The molecule has 2 heterocycles. The molecule has 4 heteroatoms. The van der Waals surface area contributed by atoms with E-state index in [0.29, 0.717) is 5.92 Å². The van der Waals surface area contributed by atoms with Gasteiger partial charge >= 0.3 is 0 Å². The van der Waals surface area contributed by atoms with Crippen molar-refractivity contribution < 1.29 is 4.39 Å².